The van der Waals surface area contributed by atoms with Gasteiger partial charge in [0.05, 0.1) is 0 Å². The van der Waals surface area contributed by atoms with Crippen molar-refractivity contribution >= 4 is 0 Å². The van der Waals surface area contributed by atoms with Crippen LogP contribution in [-0.4, -0.2) is 0 Å². The lowest BCUT2D eigenvalue weighted by Crippen LogP contribution is -2.27. The average molecular weight is 637 g/mol. The van der Waals surface area contributed by atoms with Gasteiger partial charge in [0.1, 0.15) is 28.8 Å². The molecule has 0 radical (unpaired) electrons. The standard InChI is InChI=1S/C36H36F8O/c1-2-3-4-5-21-6-8-22(9-7-21)23-10-12-24(13-11-23)25-16-30(38)34(31(39)17-25)36(43,44)45-27-14-15-28(29(37)20-27)26-18-32(40)35(42)33(41)19-26/h2-3,14-24H,4-13H2,1H3. The van der Waals surface area contributed by atoms with Gasteiger partial charge in [0, 0.05) is 11.6 Å². The fourth-order valence-corrected chi connectivity index (χ4v) is 7.18. The maximum atomic E-state index is 15.1. The van der Waals surface area contributed by atoms with Gasteiger partial charge in [-0.05, 0) is 129 Å². The zero-order valence-corrected chi connectivity index (χ0v) is 25.0. The van der Waals surface area contributed by atoms with Crippen LogP contribution in [0.2, 0.25) is 0 Å². The summed E-state index contributed by atoms with van der Waals surface area (Å²) in [7, 11) is 0. The van der Waals surface area contributed by atoms with Crippen molar-refractivity contribution in [2.75, 3.05) is 0 Å². The van der Waals surface area contributed by atoms with Gasteiger partial charge in [0.2, 0.25) is 0 Å². The molecule has 5 rings (SSSR count). The van der Waals surface area contributed by atoms with Crippen LogP contribution >= 0.6 is 0 Å². The molecule has 0 N–H and O–H groups in total. The Morgan fingerprint density at radius 2 is 1.29 bits per heavy atom. The first kappa shape index (κ1) is 33.0. The van der Waals surface area contributed by atoms with E-state index in [-0.39, 0.29) is 11.5 Å². The summed E-state index contributed by atoms with van der Waals surface area (Å²) in [5.41, 5.74) is -2.08. The Balaban J connectivity index is 1.22. The lowest BCUT2D eigenvalue weighted by molar-refractivity contribution is -0.189. The molecule has 1 nitrogen and oxygen atoms in total. The Morgan fingerprint density at radius 3 is 1.84 bits per heavy atom. The third-order valence-corrected chi connectivity index (χ3v) is 9.62. The number of alkyl halides is 2. The van der Waals surface area contributed by atoms with Crippen LogP contribution in [0.4, 0.5) is 35.1 Å². The minimum absolute atomic E-state index is 0.145. The summed E-state index contributed by atoms with van der Waals surface area (Å²) in [6.45, 7) is 2.04. The molecular weight excluding hydrogens is 600 g/mol. The lowest BCUT2D eigenvalue weighted by atomic mass is 9.68. The Labute approximate surface area is 258 Å². The van der Waals surface area contributed by atoms with Crippen LogP contribution in [-0.2, 0) is 6.11 Å². The molecule has 9 heteroatoms. The number of allylic oxidation sites excluding steroid dienone is 2. The Morgan fingerprint density at radius 1 is 0.711 bits per heavy atom. The van der Waals surface area contributed by atoms with Crippen LogP contribution in [0.25, 0.3) is 11.1 Å². The van der Waals surface area contributed by atoms with Crippen LogP contribution in [0.15, 0.2) is 54.6 Å². The molecule has 0 bridgehead atoms. The molecule has 0 aromatic heterocycles. The molecule has 45 heavy (non-hydrogen) atoms. The van der Waals surface area contributed by atoms with Gasteiger partial charge < -0.3 is 4.74 Å². The minimum atomic E-state index is -4.50. The van der Waals surface area contributed by atoms with Crippen molar-refractivity contribution in [3.8, 4) is 16.9 Å². The number of hydrogen-bond acceptors (Lipinski definition) is 1. The molecule has 0 saturated heterocycles. The second kappa shape index (κ2) is 14.0. The fourth-order valence-electron chi connectivity index (χ4n) is 7.18. The van der Waals surface area contributed by atoms with Crippen molar-refractivity contribution < 1.29 is 39.9 Å². The van der Waals surface area contributed by atoms with E-state index in [1.54, 1.807) is 0 Å². The normalized spacial score (nSPS) is 22.6. The van der Waals surface area contributed by atoms with Gasteiger partial charge in [0.15, 0.2) is 17.5 Å². The highest BCUT2D eigenvalue weighted by Gasteiger charge is 2.42. The molecule has 0 aliphatic heterocycles. The fraction of sp³-hybridized carbons (Fsp3) is 0.444. The number of hydrogen-bond donors (Lipinski definition) is 0. The first-order valence-corrected chi connectivity index (χ1v) is 15.6. The molecule has 242 valence electrons. The van der Waals surface area contributed by atoms with Crippen LogP contribution in [0.3, 0.4) is 0 Å². The van der Waals surface area contributed by atoms with Gasteiger partial charge in [0.25, 0.3) is 0 Å². The molecule has 0 heterocycles. The molecule has 2 saturated carbocycles. The van der Waals surface area contributed by atoms with Crippen molar-refractivity contribution in [2.45, 2.75) is 83.2 Å². The smallest absolute Gasteiger partial charge is 0.429 e. The van der Waals surface area contributed by atoms with E-state index in [0.29, 0.717) is 35.6 Å². The van der Waals surface area contributed by atoms with Gasteiger partial charge in [-0.25, -0.2) is 26.3 Å². The summed E-state index contributed by atoms with van der Waals surface area (Å²) >= 11 is 0. The largest absolute Gasteiger partial charge is 0.432 e. The van der Waals surface area contributed by atoms with Crippen LogP contribution in [0.5, 0.6) is 5.75 Å². The molecule has 0 spiro atoms. The molecule has 2 aliphatic carbocycles. The SMILES string of the molecule is CC=CCCC1CCC(C2CCC(c3cc(F)c(C(F)(F)Oc4ccc(-c5cc(F)c(F)c(F)c5)c(F)c4)c(F)c3)CC2)CC1. The number of ether oxygens (including phenoxy) is 1. The molecule has 0 unspecified atom stereocenters. The predicted octanol–water partition coefficient (Wildman–Crippen LogP) is 11.8. The topological polar surface area (TPSA) is 9.23 Å². The van der Waals surface area contributed by atoms with Gasteiger partial charge in [-0.15, -0.1) is 0 Å². The highest BCUT2D eigenvalue weighted by molar-refractivity contribution is 5.65. The number of halogens is 8. The number of rotatable bonds is 9. The third kappa shape index (κ3) is 7.55. The predicted molar refractivity (Wildman–Crippen MR) is 157 cm³/mol. The zero-order chi connectivity index (χ0) is 32.3. The van der Waals surface area contributed by atoms with Crippen molar-refractivity contribution in [1.29, 1.82) is 0 Å². The highest BCUT2D eigenvalue weighted by atomic mass is 19.3. The van der Waals surface area contributed by atoms with Crippen molar-refractivity contribution in [1.82, 2.24) is 0 Å². The Hall–Kier alpha value is -3.36. The molecule has 2 aliphatic rings. The first-order valence-electron chi connectivity index (χ1n) is 15.6. The maximum Gasteiger partial charge on any atom is 0.432 e. The summed E-state index contributed by atoms with van der Waals surface area (Å²) in [5.74, 6) is -7.96. The lowest BCUT2D eigenvalue weighted by Gasteiger charge is -2.38. The molecular formula is C36H36F8O. The Bertz CT molecular complexity index is 1470. The monoisotopic (exact) mass is 636 g/mol. The van der Waals surface area contributed by atoms with Crippen molar-refractivity contribution in [3.05, 3.63) is 101 Å². The zero-order valence-electron chi connectivity index (χ0n) is 25.0. The van der Waals surface area contributed by atoms with E-state index in [4.69, 9.17) is 0 Å². The van der Waals surface area contributed by atoms with Crippen LogP contribution < -0.4 is 4.74 Å². The summed E-state index contributed by atoms with van der Waals surface area (Å²) in [4.78, 5) is 0. The number of benzene rings is 3. The summed E-state index contributed by atoms with van der Waals surface area (Å²) in [5, 5.41) is 0. The van der Waals surface area contributed by atoms with E-state index in [0.717, 1.165) is 62.3 Å². The van der Waals surface area contributed by atoms with E-state index < -0.39 is 57.9 Å². The summed E-state index contributed by atoms with van der Waals surface area (Å²) in [6, 6.07) is 5.17. The second-order valence-corrected chi connectivity index (χ2v) is 12.4. The van der Waals surface area contributed by atoms with E-state index in [2.05, 4.69) is 16.9 Å². The van der Waals surface area contributed by atoms with Crippen molar-refractivity contribution in [2.24, 2.45) is 17.8 Å². The maximum absolute atomic E-state index is 15.1. The van der Waals surface area contributed by atoms with Crippen molar-refractivity contribution in [3.63, 3.8) is 0 Å². The van der Waals surface area contributed by atoms with E-state index in [1.807, 2.05) is 6.92 Å². The van der Waals surface area contributed by atoms with Crippen LogP contribution in [0.1, 0.15) is 88.2 Å². The van der Waals surface area contributed by atoms with Gasteiger partial charge >= 0.3 is 6.11 Å². The molecule has 0 amide bonds. The average Bonchev–Trinajstić information content (AvgIpc) is 2.99. The molecule has 3 aromatic rings. The quantitative estimate of drug-likeness (QED) is 0.129. The molecule has 0 atom stereocenters. The van der Waals surface area contributed by atoms with Gasteiger partial charge in [-0.1, -0.05) is 25.0 Å². The van der Waals surface area contributed by atoms with Crippen LogP contribution in [0, 0.1) is 52.7 Å². The summed E-state index contributed by atoms with van der Waals surface area (Å²) in [6.07, 6.45) is 10.4. The molecule has 3 aromatic carbocycles. The minimum Gasteiger partial charge on any atom is -0.429 e. The van der Waals surface area contributed by atoms with Gasteiger partial charge in [-0.2, -0.15) is 8.78 Å². The van der Waals surface area contributed by atoms with E-state index >= 15 is 17.6 Å². The molecule has 2 fully saturated rings. The van der Waals surface area contributed by atoms with Gasteiger partial charge in [-0.3, -0.25) is 0 Å². The van der Waals surface area contributed by atoms with E-state index in [1.165, 1.54) is 32.1 Å². The highest BCUT2D eigenvalue weighted by Crippen LogP contribution is 2.45. The third-order valence-electron chi connectivity index (χ3n) is 9.62. The first-order chi connectivity index (χ1) is 21.5. The second-order valence-electron chi connectivity index (χ2n) is 12.4. The van der Waals surface area contributed by atoms with E-state index in [9.17, 15) is 17.6 Å². The Kier molecular flexibility index (Phi) is 10.2. The summed E-state index contributed by atoms with van der Waals surface area (Å²) < 4.78 is 120.